The molecule has 1 N–H and O–H groups in total. The number of hydrogen-bond donors (Lipinski definition) is 1. The molecule has 2 aliphatic heterocycles. The van der Waals surface area contributed by atoms with E-state index in [2.05, 4.69) is 40.2 Å². The molecule has 0 radical (unpaired) electrons. The third kappa shape index (κ3) is 3.01. The van der Waals surface area contributed by atoms with Crippen LogP contribution >= 0.6 is 11.6 Å². The summed E-state index contributed by atoms with van der Waals surface area (Å²) in [6.45, 7) is 9.35. The molecule has 3 rings (SSSR count). The van der Waals surface area contributed by atoms with E-state index in [0.29, 0.717) is 6.04 Å². The van der Waals surface area contributed by atoms with Crippen LogP contribution in [0.1, 0.15) is 24.9 Å². The second kappa shape index (κ2) is 6.44. The van der Waals surface area contributed by atoms with E-state index in [0.717, 1.165) is 17.5 Å². The van der Waals surface area contributed by atoms with Crippen LogP contribution in [0.15, 0.2) is 24.3 Å². The largest absolute Gasteiger partial charge is 0.314 e. The first kappa shape index (κ1) is 14.3. The Morgan fingerprint density at radius 1 is 1.25 bits per heavy atom. The monoisotopic (exact) mass is 293 g/mol. The molecule has 1 aromatic carbocycles. The van der Waals surface area contributed by atoms with Crippen molar-refractivity contribution in [3.8, 4) is 0 Å². The Balaban J connectivity index is 1.62. The predicted molar refractivity (Wildman–Crippen MR) is 84.3 cm³/mol. The van der Waals surface area contributed by atoms with Gasteiger partial charge in [-0.25, -0.2) is 0 Å². The first-order valence-electron chi connectivity index (χ1n) is 7.72. The second-order valence-electron chi connectivity index (χ2n) is 5.86. The molecule has 0 bridgehead atoms. The van der Waals surface area contributed by atoms with Crippen LogP contribution in [0.4, 0.5) is 0 Å². The smallest absolute Gasteiger partial charge is 0.0409 e. The lowest BCUT2D eigenvalue weighted by molar-refractivity contribution is 0.0502. The fraction of sp³-hybridized carbons (Fsp3) is 0.625. The first-order chi connectivity index (χ1) is 9.78. The van der Waals surface area contributed by atoms with Crippen LogP contribution in [0, 0.1) is 0 Å². The van der Waals surface area contributed by atoms with Gasteiger partial charge in [0.1, 0.15) is 0 Å². The van der Waals surface area contributed by atoms with Crippen LogP contribution in [0.2, 0.25) is 5.02 Å². The average Bonchev–Trinajstić information content (AvgIpc) is 2.40. The van der Waals surface area contributed by atoms with Gasteiger partial charge in [0.2, 0.25) is 0 Å². The highest BCUT2D eigenvalue weighted by molar-refractivity contribution is 6.30. The zero-order valence-electron chi connectivity index (χ0n) is 12.2. The molecule has 20 heavy (non-hydrogen) atoms. The standard InChI is InChI=1S/C16H24ClN3/c1-2-16(13-4-3-5-14(17)10-13)20-8-6-19(7-9-20)15-11-18-12-15/h3-5,10,15-16,18H,2,6-9,11-12H2,1H3. The van der Waals surface area contributed by atoms with Gasteiger partial charge in [-0.3, -0.25) is 9.80 Å². The summed E-state index contributed by atoms with van der Waals surface area (Å²) in [7, 11) is 0. The van der Waals surface area contributed by atoms with Crippen molar-refractivity contribution in [1.29, 1.82) is 0 Å². The summed E-state index contributed by atoms with van der Waals surface area (Å²) < 4.78 is 0. The molecule has 2 fully saturated rings. The number of nitrogens with zero attached hydrogens (tertiary/aromatic N) is 2. The van der Waals surface area contributed by atoms with Gasteiger partial charge in [0.15, 0.2) is 0 Å². The number of halogens is 1. The minimum atomic E-state index is 0.510. The van der Waals surface area contributed by atoms with Crippen molar-refractivity contribution >= 4 is 11.6 Å². The summed E-state index contributed by atoms with van der Waals surface area (Å²) in [5.41, 5.74) is 1.36. The van der Waals surface area contributed by atoms with Gasteiger partial charge in [0.25, 0.3) is 0 Å². The maximum Gasteiger partial charge on any atom is 0.0409 e. The fourth-order valence-corrected chi connectivity index (χ4v) is 3.56. The van der Waals surface area contributed by atoms with Crippen LogP contribution in [0.25, 0.3) is 0 Å². The Morgan fingerprint density at radius 3 is 2.55 bits per heavy atom. The molecule has 2 saturated heterocycles. The summed E-state index contributed by atoms with van der Waals surface area (Å²) in [6, 6.07) is 9.65. The van der Waals surface area contributed by atoms with E-state index in [1.807, 2.05) is 6.07 Å². The summed E-state index contributed by atoms with van der Waals surface area (Å²) in [5, 5.41) is 4.21. The van der Waals surface area contributed by atoms with Gasteiger partial charge in [0.05, 0.1) is 0 Å². The molecule has 0 spiro atoms. The molecule has 4 heteroatoms. The van der Waals surface area contributed by atoms with E-state index >= 15 is 0 Å². The summed E-state index contributed by atoms with van der Waals surface area (Å²) in [6.07, 6.45) is 1.14. The van der Waals surface area contributed by atoms with Crippen molar-refractivity contribution in [3.05, 3.63) is 34.9 Å². The van der Waals surface area contributed by atoms with E-state index in [4.69, 9.17) is 11.6 Å². The van der Waals surface area contributed by atoms with Gasteiger partial charge in [0, 0.05) is 56.4 Å². The minimum absolute atomic E-state index is 0.510. The normalized spacial score (nSPS) is 23.5. The Kier molecular flexibility index (Phi) is 4.61. The Labute approximate surface area is 126 Å². The van der Waals surface area contributed by atoms with Crippen LogP contribution in [-0.4, -0.2) is 55.1 Å². The maximum atomic E-state index is 6.14. The lowest BCUT2D eigenvalue weighted by Crippen LogP contribution is -2.61. The highest BCUT2D eigenvalue weighted by atomic mass is 35.5. The highest BCUT2D eigenvalue weighted by Gasteiger charge is 2.30. The third-order valence-corrected chi connectivity index (χ3v) is 4.92. The molecule has 0 aromatic heterocycles. The molecule has 0 amide bonds. The molecule has 1 unspecified atom stereocenters. The molecular formula is C16H24ClN3. The maximum absolute atomic E-state index is 6.14. The molecule has 0 saturated carbocycles. The zero-order chi connectivity index (χ0) is 13.9. The zero-order valence-corrected chi connectivity index (χ0v) is 12.9. The quantitative estimate of drug-likeness (QED) is 0.919. The van der Waals surface area contributed by atoms with Crippen molar-refractivity contribution in [2.24, 2.45) is 0 Å². The topological polar surface area (TPSA) is 18.5 Å². The van der Waals surface area contributed by atoms with Crippen molar-refractivity contribution in [2.45, 2.75) is 25.4 Å². The van der Waals surface area contributed by atoms with E-state index in [1.54, 1.807) is 0 Å². The molecule has 0 aliphatic carbocycles. The fourth-order valence-electron chi connectivity index (χ4n) is 3.36. The summed E-state index contributed by atoms with van der Waals surface area (Å²) in [5.74, 6) is 0. The highest BCUT2D eigenvalue weighted by Crippen LogP contribution is 2.27. The molecular weight excluding hydrogens is 270 g/mol. The molecule has 1 aromatic rings. The van der Waals surface area contributed by atoms with Crippen LogP contribution in [-0.2, 0) is 0 Å². The molecule has 2 heterocycles. The van der Waals surface area contributed by atoms with E-state index in [-0.39, 0.29) is 0 Å². The number of rotatable bonds is 4. The van der Waals surface area contributed by atoms with Crippen LogP contribution < -0.4 is 5.32 Å². The van der Waals surface area contributed by atoms with Gasteiger partial charge >= 0.3 is 0 Å². The third-order valence-electron chi connectivity index (χ3n) is 4.69. The first-order valence-corrected chi connectivity index (χ1v) is 8.10. The van der Waals surface area contributed by atoms with Gasteiger partial charge in [-0.1, -0.05) is 30.7 Å². The summed E-state index contributed by atoms with van der Waals surface area (Å²) >= 11 is 6.14. The number of hydrogen-bond acceptors (Lipinski definition) is 3. The lowest BCUT2D eigenvalue weighted by Gasteiger charge is -2.45. The predicted octanol–water partition coefficient (Wildman–Crippen LogP) is 2.38. The summed E-state index contributed by atoms with van der Waals surface area (Å²) in [4.78, 5) is 5.26. The van der Waals surface area contributed by atoms with Gasteiger partial charge in [-0.2, -0.15) is 0 Å². The van der Waals surface area contributed by atoms with Crippen molar-refractivity contribution in [1.82, 2.24) is 15.1 Å². The van der Waals surface area contributed by atoms with Crippen molar-refractivity contribution < 1.29 is 0 Å². The SMILES string of the molecule is CCC(c1cccc(Cl)c1)N1CCN(C2CNC2)CC1. The van der Waals surface area contributed by atoms with Crippen molar-refractivity contribution in [2.75, 3.05) is 39.3 Å². The Hall–Kier alpha value is -0.610. The van der Waals surface area contributed by atoms with Gasteiger partial charge in [-0.05, 0) is 24.1 Å². The molecule has 2 aliphatic rings. The number of piperazine rings is 1. The minimum Gasteiger partial charge on any atom is -0.314 e. The molecule has 3 nitrogen and oxygen atoms in total. The second-order valence-corrected chi connectivity index (χ2v) is 6.30. The lowest BCUT2D eigenvalue weighted by atomic mass is 10.0. The van der Waals surface area contributed by atoms with Crippen LogP contribution in [0.5, 0.6) is 0 Å². The van der Waals surface area contributed by atoms with E-state index < -0.39 is 0 Å². The number of nitrogens with one attached hydrogen (secondary N) is 1. The van der Waals surface area contributed by atoms with Gasteiger partial charge in [-0.15, -0.1) is 0 Å². The van der Waals surface area contributed by atoms with Crippen molar-refractivity contribution in [3.63, 3.8) is 0 Å². The molecule has 110 valence electrons. The average molecular weight is 294 g/mol. The van der Waals surface area contributed by atoms with E-state index in [1.165, 1.54) is 44.8 Å². The van der Waals surface area contributed by atoms with Gasteiger partial charge < -0.3 is 5.32 Å². The number of benzene rings is 1. The van der Waals surface area contributed by atoms with E-state index in [9.17, 15) is 0 Å². The molecule has 1 atom stereocenters. The van der Waals surface area contributed by atoms with Crippen LogP contribution in [0.3, 0.4) is 0 Å². The Morgan fingerprint density at radius 2 is 2.00 bits per heavy atom. The Bertz CT molecular complexity index is 439.